The third kappa shape index (κ3) is 3.89. The molecule has 0 bridgehead atoms. The van der Waals surface area contributed by atoms with E-state index in [1.54, 1.807) is 7.11 Å². The van der Waals surface area contributed by atoms with Crippen LogP contribution in [0.2, 0.25) is 0 Å². The van der Waals surface area contributed by atoms with Gasteiger partial charge in [0.1, 0.15) is 0 Å². The Bertz CT molecular complexity index is 339. The molecule has 0 saturated heterocycles. The highest BCUT2D eigenvalue weighted by atomic mass is 35.5. The Hall–Kier alpha value is -0.730. The number of hydrogen-bond acceptors (Lipinski definition) is 2. The van der Waals surface area contributed by atoms with Crippen molar-refractivity contribution >= 4 is 17.3 Å². The lowest BCUT2D eigenvalue weighted by Gasteiger charge is -2.34. The van der Waals surface area contributed by atoms with E-state index in [1.165, 1.54) is 11.3 Å². The Morgan fingerprint density at radius 1 is 1.22 bits per heavy atom. The van der Waals surface area contributed by atoms with Crippen molar-refractivity contribution < 1.29 is 4.74 Å². The molecule has 0 aliphatic rings. The number of methoxy groups -OCH3 is 1. The van der Waals surface area contributed by atoms with Crippen LogP contribution in [0.25, 0.3) is 0 Å². The van der Waals surface area contributed by atoms with Gasteiger partial charge < -0.3 is 9.64 Å². The molecule has 18 heavy (non-hydrogen) atoms. The van der Waals surface area contributed by atoms with Crippen molar-refractivity contribution in [3.05, 3.63) is 29.8 Å². The van der Waals surface area contributed by atoms with Crippen molar-refractivity contribution in [2.75, 3.05) is 25.2 Å². The van der Waals surface area contributed by atoms with Gasteiger partial charge in [0.2, 0.25) is 0 Å². The Kier molecular flexibility index (Phi) is 7.14. The summed E-state index contributed by atoms with van der Waals surface area (Å²) in [5, 5.41) is 0. The Balaban J connectivity index is 2.99. The Morgan fingerprint density at radius 3 is 2.44 bits per heavy atom. The van der Waals surface area contributed by atoms with Gasteiger partial charge in [0, 0.05) is 31.3 Å². The molecule has 0 atom stereocenters. The summed E-state index contributed by atoms with van der Waals surface area (Å²) in [7, 11) is 1.75. The molecule has 1 aromatic carbocycles. The second kappa shape index (κ2) is 8.39. The molecule has 0 aliphatic carbocycles. The third-order valence-corrected chi connectivity index (χ3v) is 3.65. The number of para-hydroxylation sites is 1. The normalized spacial score (nSPS) is 10.9. The summed E-state index contributed by atoms with van der Waals surface area (Å²) in [6.45, 7) is 6.12. The predicted molar refractivity (Wildman–Crippen MR) is 79.6 cm³/mol. The maximum absolute atomic E-state index is 6.04. The molecular weight excluding hydrogens is 246 g/mol. The quantitative estimate of drug-likeness (QED) is 0.660. The summed E-state index contributed by atoms with van der Waals surface area (Å²) in [6, 6.07) is 8.93. The Labute approximate surface area is 116 Å². The average Bonchev–Trinajstić information content (AvgIpc) is 2.43. The lowest BCUT2D eigenvalue weighted by Crippen LogP contribution is -2.37. The van der Waals surface area contributed by atoms with Gasteiger partial charge in [-0.25, -0.2) is 0 Å². The van der Waals surface area contributed by atoms with Crippen molar-refractivity contribution in [2.24, 2.45) is 0 Å². The molecule has 0 amide bonds. The first-order valence-electron chi connectivity index (χ1n) is 6.67. The minimum atomic E-state index is 0.546. The number of alkyl halides is 1. The first-order chi connectivity index (χ1) is 8.78. The zero-order chi connectivity index (χ0) is 13.4. The molecule has 2 nitrogen and oxygen atoms in total. The fourth-order valence-corrected chi connectivity index (χ4v) is 2.55. The molecule has 0 aromatic heterocycles. The molecule has 0 fully saturated rings. The molecule has 0 aliphatic heterocycles. The van der Waals surface area contributed by atoms with Crippen molar-refractivity contribution in [3.8, 4) is 0 Å². The number of nitrogens with zero attached hydrogens (tertiary/aromatic N) is 1. The van der Waals surface area contributed by atoms with Crippen molar-refractivity contribution in [3.63, 3.8) is 0 Å². The van der Waals surface area contributed by atoms with Crippen LogP contribution in [0.3, 0.4) is 0 Å². The van der Waals surface area contributed by atoms with E-state index in [9.17, 15) is 0 Å². The summed E-state index contributed by atoms with van der Waals surface area (Å²) < 4.78 is 5.23. The lowest BCUT2D eigenvalue weighted by atomic mass is 10.1. The van der Waals surface area contributed by atoms with E-state index in [1.807, 2.05) is 6.07 Å². The van der Waals surface area contributed by atoms with Gasteiger partial charge in [0.25, 0.3) is 0 Å². The van der Waals surface area contributed by atoms with Crippen molar-refractivity contribution in [1.29, 1.82) is 0 Å². The number of ether oxygens (including phenoxy) is 1. The zero-order valence-electron chi connectivity index (χ0n) is 11.7. The van der Waals surface area contributed by atoms with Gasteiger partial charge in [-0.1, -0.05) is 32.0 Å². The SMILES string of the molecule is CCC(CC)N(CCOC)c1ccccc1CCl. The summed E-state index contributed by atoms with van der Waals surface area (Å²) >= 11 is 6.04. The summed E-state index contributed by atoms with van der Waals surface area (Å²) in [6.07, 6.45) is 2.27. The second-order valence-corrected chi connectivity index (χ2v) is 4.69. The highest BCUT2D eigenvalue weighted by Crippen LogP contribution is 2.25. The molecule has 3 heteroatoms. The zero-order valence-corrected chi connectivity index (χ0v) is 12.4. The van der Waals surface area contributed by atoms with Crippen LogP contribution >= 0.6 is 11.6 Å². The summed E-state index contributed by atoms with van der Waals surface area (Å²) in [5.41, 5.74) is 2.44. The number of halogens is 1. The molecule has 0 radical (unpaired) electrons. The van der Waals surface area contributed by atoms with Crippen molar-refractivity contribution in [1.82, 2.24) is 0 Å². The number of hydrogen-bond donors (Lipinski definition) is 0. The molecule has 0 unspecified atom stereocenters. The van der Waals surface area contributed by atoms with Crippen molar-refractivity contribution in [2.45, 2.75) is 38.6 Å². The van der Waals surface area contributed by atoms with Gasteiger partial charge in [0.15, 0.2) is 0 Å². The molecule has 0 spiro atoms. The van der Waals surface area contributed by atoms with Crippen LogP contribution in [0.1, 0.15) is 32.3 Å². The molecular formula is C15H24ClNO. The number of benzene rings is 1. The second-order valence-electron chi connectivity index (χ2n) is 4.42. The Morgan fingerprint density at radius 2 is 1.89 bits per heavy atom. The maximum Gasteiger partial charge on any atom is 0.0637 e. The number of anilines is 1. The van der Waals surface area contributed by atoms with E-state index in [0.29, 0.717) is 11.9 Å². The molecule has 0 heterocycles. The first-order valence-corrected chi connectivity index (χ1v) is 7.21. The molecule has 0 N–H and O–H groups in total. The van der Waals surface area contributed by atoms with Gasteiger partial charge >= 0.3 is 0 Å². The van der Waals surface area contributed by atoms with Gasteiger partial charge in [-0.15, -0.1) is 11.6 Å². The van der Waals surface area contributed by atoms with E-state index in [4.69, 9.17) is 16.3 Å². The predicted octanol–water partition coefficient (Wildman–Crippen LogP) is 4.07. The van der Waals surface area contributed by atoms with E-state index < -0.39 is 0 Å². The monoisotopic (exact) mass is 269 g/mol. The highest BCUT2D eigenvalue weighted by molar-refractivity contribution is 6.17. The fraction of sp³-hybridized carbons (Fsp3) is 0.600. The average molecular weight is 270 g/mol. The smallest absolute Gasteiger partial charge is 0.0637 e. The number of rotatable bonds is 8. The van der Waals surface area contributed by atoms with Crippen LogP contribution in [0.5, 0.6) is 0 Å². The third-order valence-electron chi connectivity index (χ3n) is 3.36. The summed E-state index contributed by atoms with van der Waals surface area (Å²) in [5.74, 6) is 0.555. The van der Waals surface area contributed by atoms with Gasteiger partial charge in [-0.05, 0) is 24.5 Å². The van der Waals surface area contributed by atoms with E-state index >= 15 is 0 Å². The topological polar surface area (TPSA) is 12.5 Å². The molecule has 1 aromatic rings. The molecule has 0 saturated carbocycles. The summed E-state index contributed by atoms with van der Waals surface area (Å²) in [4.78, 5) is 2.43. The van der Waals surface area contributed by atoms with Gasteiger partial charge in [-0.3, -0.25) is 0 Å². The van der Waals surface area contributed by atoms with Crippen LogP contribution in [0.4, 0.5) is 5.69 Å². The van der Waals surface area contributed by atoms with Crippen LogP contribution < -0.4 is 4.90 Å². The largest absolute Gasteiger partial charge is 0.383 e. The standard InChI is InChI=1S/C15H24ClNO/c1-4-14(5-2)17(10-11-18-3)15-9-7-6-8-13(15)12-16/h6-9,14H,4-5,10-12H2,1-3H3. The van der Waals surface area contributed by atoms with Gasteiger partial charge in [0.05, 0.1) is 6.61 Å². The highest BCUT2D eigenvalue weighted by Gasteiger charge is 2.17. The van der Waals surface area contributed by atoms with E-state index in [0.717, 1.165) is 26.0 Å². The lowest BCUT2D eigenvalue weighted by molar-refractivity contribution is 0.202. The minimum Gasteiger partial charge on any atom is -0.383 e. The van der Waals surface area contributed by atoms with Crippen LogP contribution in [-0.4, -0.2) is 26.3 Å². The molecule has 1 rings (SSSR count). The first kappa shape index (κ1) is 15.3. The van der Waals surface area contributed by atoms with Crippen LogP contribution in [-0.2, 0) is 10.6 Å². The van der Waals surface area contributed by atoms with Crippen LogP contribution in [0.15, 0.2) is 24.3 Å². The van der Waals surface area contributed by atoms with E-state index in [-0.39, 0.29) is 0 Å². The maximum atomic E-state index is 6.04. The molecule has 102 valence electrons. The van der Waals surface area contributed by atoms with Crippen LogP contribution in [0, 0.1) is 0 Å². The minimum absolute atomic E-state index is 0.546. The van der Waals surface area contributed by atoms with Gasteiger partial charge in [-0.2, -0.15) is 0 Å². The fourth-order valence-electron chi connectivity index (χ4n) is 2.32. The van der Waals surface area contributed by atoms with E-state index in [2.05, 4.69) is 36.9 Å².